The van der Waals surface area contributed by atoms with E-state index in [-0.39, 0.29) is 18.3 Å². The Bertz CT molecular complexity index is 553. The first-order valence-electron chi connectivity index (χ1n) is 7.59. The Morgan fingerprint density at radius 3 is 2.64 bits per heavy atom. The lowest BCUT2D eigenvalue weighted by molar-refractivity contribution is -0.00156. The SMILES string of the molecule is Cc1cc(F)ccc1[C@H]1CCN(C(=O)OC(C)(C)C)C[C@@H]1O. The third-order valence-corrected chi connectivity index (χ3v) is 3.86. The number of halogens is 1. The van der Waals surface area contributed by atoms with E-state index in [1.807, 2.05) is 27.7 Å². The first-order chi connectivity index (χ1) is 10.2. The molecule has 1 heterocycles. The van der Waals surface area contributed by atoms with Crippen LogP contribution in [0.1, 0.15) is 44.2 Å². The van der Waals surface area contributed by atoms with Gasteiger partial charge in [-0.2, -0.15) is 0 Å². The number of benzene rings is 1. The molecule has 2 atom stereocenters. The summed E-state index contributed by atoms with van der Waals surface area (Å²) in [5, 5.41) is 10.4. The Morgan fingerprint density at radius 2 is 2.09 bits per heavy atom. The lowest BCUT2D eigenvalue weighted by atomic mass is 9.85. The van der Waals surface area contributed by atoms with Crippen LogP contribution >= 0.6 is 0 Å². The third-order valence-electron chi connectivity index (χ3n) is 3.86. The van der Waals surface area contributed by atoms with Gasteiger partial charge in [0, 0.05) is 12.5 Å². The molecular formula is C17H24FNO3. The minimum Gasteiger partial charge on any atom is -0.444 e. The molecule has 1 aromatic rings. The topological polar surface area (TPSA) is 49.8 Å². The third kappa shape index (κ3) is 3.97. The number of carbonyl (C=O) groups excluding carboxylic acids is 1. The summed E-state index contributed by atoms with van der Waals surface area (Å²) >= 11 is 0. The Labute approximate surface area is 130 Å². The molecule has 1 aliphatic rings. The van der Waals surface area contributed by atoms with Crippen molar-refractivity contribution in [2.24, 2.45) is 0 Å². The van der Waals surface area contributed by atoms with Crippen molar-refractivity contribution < 1.29 is 19.0 Å². The second-order valence-electron chi connectivity index (χ2n) is 6.89. The summed E-state index contributed by atoms with van der Waals surface area (Å²) in [6, 6.07) is 4.61. The van der Waals surface area contributed by atoms with Crippen LogP contribution in [0.4, 0.5) is 9.18 Å². The molecule has 1 N–H and O–H groups in total. The van der Waals surface area contributed by atoms with E-state index in [1.165, 1.54) is 17.0 Å². The van der Waals surface area contributed by atoms with Crippen LogP contribution in [0.25, 0.3) is 0 Å². The molecule has 4 nitrogen and oxygen atoms in total. The average Bonchev–Trinajstić information content (AvgIpc) is 2.37. The van der Waals surface area contributed by atoms with Crippen LogP contribution in [0, 0.1) is 12.7 Å². The number of aliphatic hydroxyl groups is 1. The van der Waals surface area contributed by atoms with Gasteiger partial charge in [-0.15, -0.1) is 0 Å². The van der Waals surface area contributed by atoms with E-state index in [2.05, 4.69) is 0 Å². The summed E-state index contributed by atoms with van der Waals surface area (Å²) in [5.74, 6) is -0.360. The number of β-amino-alcohol motifs (C(OH)–C–C–N with tert-alkyl or cyclic N) is 1. The van der Waals surface area contributed by atoms with Crippen molar-refractivity contribution in [1.29, 1.82) is 0 Å². The van der Waals surface area contributed by atoms with Crippen molar-refractivity contribution in [3.05, 3.63) is 35.1 Å². The van der Waals surface area contributed by atoms with E-state index in [0.29, 0.717) is 13.0 Å². The van der Waals surface area contributed by atoms with E-state index in [0.717, 1.165) is 11.1 Å². The molecule has 1 saturated heterocycles. The molecule has 5 heteroatoms. The summed E-state index contributed by atoms with van der Waals surface area (Å²) in [6.07, 6.45) is -0.446. The highest BCUT2D eigenvalue weighted by molar-refractivity contribution is 5.68. The van der Waals surface area contributed by atoms with Gasteiger partial charge >= 0.3 is 6.09 Å². The first-order valence-corrected chi connectivity index (χ1v) is 7.59. The predicted molar refractivity (Wildman–Crippen MR) is 82.3 cm³/mol. The van der Waals surface area contributed by atoms with Gasteiger partial charge in [-0.1, -0.05) is 6.07 Å². The maximum Gasteiger partial charge on any atom is 0.410 e. The van der Waals surface area contributed by atoms with Crippen LogP contribution in [-0.4, -0.2) is 40.9 Å². The van der Waals surface area contributed by atoms with Crippen molar-refractivity contribution in [2.75, 3.05) is 13.1 Å². The molecule has 122 valence electrons. The molecule has 0 aliphatic carbocycles. The number of hydrogen-bond acceptors (Lipinski definition) is 3. The number of likely N-dealkylation sites (tertiary alicyclic amines) is 1. The maximum atomic E-state index is 13.2. The van der Waals surface area contributed by atoms with Crippen LogP contribution in [-0.2, 0) is 4.74 Å². The Kier molecular flexibility index (Phi) is 4.75. The molecule has 1 amide bonds. The number of rotatable bonds is 1. The second kappa shape index (κ2) is 6.24. The molecule has 0 unspecified atom stereocenters. The van der Waals surface area contributed by atoms with Crippen molar-refractivity contribution in [3.8, 4) is 0 Å². The summed E-state index contributed by atoms with van der Waals surface area (Å²) in [4.78, 5) is 13.6. The van der Waals surface area contributed by atoms with Crippen molar-refractivity contribution in [2.45, 2.75) is 51.7 Å². The second-order valence-corrected chi connectivity index (χ2v) is 6.89. The number of piperidine rings is 1. The van der Waals surface area contributed by atoms with Crippen molar-refractivity contribution in [3.63, 3.8) is 0 Å². The van der Waals surface area contributed by atoms with E-state index in [1.54, 1.807) is 6.07 Å². The monoisotopic (exact) mass is 309 g/mol. The lowest BCUT2D eigenvalue weighted by Gasteiger charge is -2.37. The van der Waals surface area contributed by atoms with Gasteiger partial charge in [0.05, 0.1) is 12.6 Å². The van der Waals surface area contributed by atoms with Crippen LogP contribution in [0.15, 0.2) is 18.2 Å². The molecular weight excluding hydrogens is 285 g/mol. The minimum absolute atomic E-state index is 0.0840. The van der Waals surface area contributed by atoms with Gasteiger partial charge in [0.15, 0.2) is 0 Å². The van der Waals surface area contributed by atoms with E-state index < -0.39 is 17.8 Å². The molecule has 1 aliphatic heterocycles. The normalized spacial score (nSPS) is 22.5. The molecule has 0 bridgehead atoms. The molecule has 2 rings (SSSR count). The standard InChI is InChI=1S/C17H24FNO3/c1-11-9-12(18)5-6-13(11)14-7-8-19(10-15(14)20)16(21)22-17(2,3)4/h5-6,9,14-15,20H,7-8,10H2,1-4H3/t14-,15+/m1/s1. The van der Waals surface area contributed by atoms with E-state index in [9.17, 15) is 14.3 Å². The highest BCUT2D eigenvalue weighted by Crippen LogP contribution is 2.31. The number of hydrogen-bond donors (Lipinski definition) is 1. The quantitative estimate of drug-likeness (QED) is 0.866. The van der Waals surface area contributed by atoms with Crippen molar-refractivity contribution in [1.82, 2.24) is 4.90 Å². The molecule has 0 aromatic heterocycles. The number of carbonyl (C=O) groups is 1. The summed E-state index contributed by atoms with van der Waals surface area (Å²) < 4.78 is 18.5. The maximum absolute atomic E-state index is 13.2. The fraction of sp³-hybridized carbons (Fsp3) is 0.588. The largest absolute Gasteiger partial charge is 0.444 e. The minimum atomic E-state index is -0.676. The van der Waals surface area contributed by atoms with Crippen LogP contribution in [0.2, 0.25) is 0 Å². The Balaban J connectivity index is 2.05. The first kappa shape index (κ1) is 16.7. The van der Waals surface area contributed by atoms with Crippen LogP contribution in [0.3, 0.4) is 0 Å². The van der Waals surface area contributed by atoms with Crippen LogP contribution < -0.4 is 0 Å². The number of aliphatic hydroxyl groups excluding tert-OH is 1. The fourth-order valence-electron chi connectivity index (χ4n) is 2.84. The predicted octanol–water partition coefficient (Wildman–Crippen LogP) is 3.22. The highest BCUT2D eigenvalue weighted by atomic mass is 19.1. The Morgan fingerprint density at radius 1 is 1.41 bits per heavy atom. The zero-order chi connectivity index (χ0) is 16.5. The van der Waals surface area contributed by atoms with Gasteiger partial charge in [0.25, 0.3) is 0 Å². The smallest absolute Gasteiger partial charge is 0.410 e. The summed E-state index contributed by atoms with van der Waals surface area (Å²) in [7, 11) is 0. The van der Waals surface area contributed by atoms with E-state index >= 15 is 0 Å². The average molecular weight is 309 g/mol. The molecule has 0 spiro atoms. The molecule has 22 heavy (non-hydrogen) atoms. The van der Waals surface area contributed by atoms with E-state index in [4.69, 9.17) is 4.74 Å². The summed E-state index contributed by atoms with van der Waals surface area (Å²) in [5.41, 5.74) is 1.22. The number of aryl methyl sites for hydroxylation is 1. The van der Waals surface area contributed by atoms with Gasteiger partial charge in [-0.3, -0.25) is 0 Å². The zero-order valence-electron chi connectivity index (χ0n) is 13.6. The number of nitrogens with zero attached hydrogens (tertiary/aromatic N) is 1. The summed E-state index contributed by atoms with van der Waals surface area (Å²) in [6.45, 7) is 8.04. The van der Waals surface area contributed by atoms with Gasteiger partial charge < -0.3 is 14.7 Å². The zero-order valence-corrected chi connectivity index (χ0v) is 13.6. The van der Waals surface area contributed by atoms with Gasteiger partial charge in [-0.05, 0) is 57.4 Å². The molecule has 0 radical (unpaired) electrons. The Hall–Kier alpha value is -1.62. The molecule has 1 fully saturated rings. The van der Waals surface area contributed by atoms with Crippen LogP contribution in [0.5, 0.6) is 0 Å². The number of ether oxygens (including phenoxy) is 1. The van der Waals surface area contributed by atoms with Gasteiger partial charge in [-0.25, -0.2) is 9.18 Å². The number of amides is 1. The molecule has 0 saturated carbocycles. The lowest BCUT2D eigenvalue weighted by Crippen LogP contribution is -2.47. The molecule has 1 aromatic carbocycles. The fourth-order valence-corrected chi connectivity index (χ4v) is 2.84. The van der Waals surface area contributed by atoms with Gasteiger partial charge in [0.2, 0.25) is 0 Å². The highest BCUT2D eigenvalue weighted by Gasteiger charge is 2.33. The van der Waals surface area contributed by atoms with Crippen molar-refractivity contribution >= 4 is 6.09 Å². The van der Waals surface area contributed by atoms with Gasteiger partial charge in [0.1, 0.15) is 11.4 Å².